The molecule has 0 saturated heterocycles. The van der Waals surface area contributed by atoms with Gasteiger partial charge in [-0.1, -0.05) is 84.0 Å². The van der Waals surface area contributed by atoms with Crippen molar-refractivity contribution in [1.82, 2.24) is 0 Å². The van der Waals surface area contributed by atoms with Crippen LogP contribution in [-0.4, -0.2) is 5.91 Å². The van der Waals surface area contributed by atoms with E-state index in [0.29, 0.717) is 18.6 Å². The molecule has 154 valence electrons. The molecule has 0 unspecified atom stereocenters. The van der Waals surface area contributed by atoms with Crippen LogP contribution in [0.25, 0.3) is 0 Å². The molecule has 1 aromatic carbocycles. The molecule has 0 atom stereocenters. The molecular weight excluding hydrogens is 351 g/mol. The fourth-order valence-electron chi connectivity index (χ4n) is 3.13. The molecule has 1 rings (SSSR count). The lowest BCUT2D eigenvalue weighted by Gasteiger charge is -2.07. The number of carbonyl (C=O) groups is 1. The number of benzene rings is 1. The van der Waals surface area contributed by atoms with Gasteiger partial charge in [-0.15, -0.1) is 0 Å². The van der Waals surface area contributed by atoms with Gasteiger partial charge >= 0.3 is 0 Å². The van der Waals surface area contributed by atoms with Crippen LogP contribution in [0.3, 0.4) is 0 Å². The first-order valence-corrected chi connectivity index (χ1v) is 10.5. The van der Waals surface area contributed by atoms with E-state index in [0.717, 1.165) is 12.8 Å². The van der Waals surface area contributed by atoms with Gasteiger partial charge in [0.1, 0.15) is 5.82 Å². The smallest absolute Gasteiger partial charge is 0.224 e. The lowest BCUT2D eigenvalue weighted by Crippen LogP contribution is -2.13. The summed E-state index contributed by atoms with van der Waals surface area (Å²) in [6, 6.07) is 1.11. The Kier molecular flexibility index (Phi) is 12.7. The highest BCUT2D eigenvalue weighted by molar-refractivity contribution is 5.90. The van der Waals surface area contributed by atoms with Crippen molar-refractivity contribution in [1.29, 1.82) is 0 Å². The summed E-state index contributed by atoms with van der Waals surface area (Å²) in [5.74, 6) is -3.77. The van der Waals surface area contributed by atoms with Crippen molar-refractivity contribution in [3.8, 4) is 0 Å². The van der Waals surface area contributed by atoms with E-state index < -0.39 is 17.5 Å². The van der Waals surface area contributed by atoms with Gasteiger partial charge in [-0.25, -0.2) is 13.2 Å². The number of anilines is 1. The van der Waals surface area contributed by atoms with Crippen LogP contribution in [0.4, 0.5) is 18.9 Å². The van der Waals surface area contributed by atoms with Crippen LogP contribution in [0.2, 0.25) is 0 Å². The first kappa shape index (κ1) is 23.5. The third-order valence-electron chi connectivity index (χ3n) is 4.79. The van der Waals surface area contributed by atoms with Crippen LogP contribution < -0.4 is 5.32 Å². The van der Waals surface area contributed by atoms with Crippen molar-refractivity contribution >= 4 is 11.6 Å². The molecule has 5 heteroatoms. The fourth-order valence-corrected chi connectivity index (χ4v) is 3.13. The molecule has 0 aliphatic carbocycles. The van der Waals surface area contributed by atoms with Gasteiger partial charge < -0.3 is 5.32 Å². The third kappa shape index (κ3) is 11.0. The number of rotatable bonds is 15. The molecule has 0 fully saturated rings. The Bertz CT molecular complexity index is 549. The largest absolute Gasteiger partial charge is 0.324 e. The summed E-state index contributed by atoms with van der Waals surface area (Å²) in [6.07, 6.45) is 16.1. The molecule has 0 radical (unpaired) electrons. The zero-order chi connectivity index (χ0) is 19.9. The molecule has 0 aliphatic rings. The van der Waals surface area contributed by atoms with Crippen LogP contribution in [0.1, 0.15) is 96.8 Å². The molecule has 1 N–H and O–H groups in total. The topological polar surface area (TPSA) is 29.1 Å². The summed E-state index contributed by atoms with van der Waals surface area (Å²) in [4.78, 5) is 11.8. The Morgan fingerprint density at radius 3 is 1.67 bits per heavy atom. The number of hydrogen-bond acceptors (Lipinski definition) is 1. The number of hydrogen-bond donors (Lipinski definition) is 1. The average molecular weight is 386 g/mol. The number of halogens is 3. The molecular formula is C22H34F3NO. The summed E-state index contributed by atoms with van der Waals surface area (Å²) in [6.45, 7) is 2.24. The highest BCUT2D eigenvalue weighted by Gasteiger charge is 2.12. The summed E-state index contributed by atoms with van der Waals surface area (Å²) >= 11 is 0. The molecule has 0 aromatic heterocycles. The van der Waals surface area contributed by atoms with Gasteiger partial charge in [0.2, 0.25) is 5.91 Å². The Hall–Kier alpha value is -1.52. The standard InChI is InChI=1S/C22H34F3NO/c1-2-3-4-5-6-7-8-9-10-11-12-13-14-15-22(27)26-21-17-19(24)18(23)16-20(21)25/h16-17H,2-15H2,1H3,(H,26,27). The zero-order valence-corrected chi connectivity index (χ0v) is 16.6. The van der Waals surface area contributed by atoms with Crippen LogP contribution >= 0.6 is 0 Å². The summed E-state index contributed by atoms with van der Waals surface area (Å²) < 4.78 is 39.4. The van der Waals surface area contributed by atoms with Crippen molar-refractivity contribution in [3.63, 3.8) is 0 Å². The van der Waals surface area contributed by atoms with Gasteiger partial charge in [-0.2, -0.15) is 0 Å². The molecule has 0 spiro atoms. The van der Waals surface area contributed by atoms with Gasteiger partial charge in [0.05, 0.1) is 5.69 Å². The zero-order valence-electron chi connectivity index (χ0n) is 16.6. The van der Waals surface area contributed by atoms with E-state index in [1.807, 2.05) is 0 Å². The van der Waals surface area contributed by atoms with Crippen molar-refractivity contribution in [2.24, 2.45) is 0 Å². The van der Waals surface area contributed by atoms with Crippen molar-refractivity contribution in [2.45, 2.75) is 96.8 Å². The van der Waals surface area contributed by atoms with Gasteiger partial charge in [0, 0.05) is 18.6 Å². The van der Waals surface area contributed by atoms with E-state index in [9.17, 15) is 18.0 Å². The first-order chi connectivity index (χ1) is 13.0. The fraction of sp³-hybridized carbons (Fsp3) is 0.682. The minimum atomic E-state index is -1.26. The second kappa shape index (κ2) is 14.5. The van der Waals surface area contributed by atoms with Crippen molar-refractivity contribution < 1.29 is 18.0 Å². The normalized spacial score (nSPS) is 11.0. The lowest BCUT2D eigenvalue weighted by molar-refractivity contribution is -0.116. The van der Waals surface area contributed by atoms with Gasteiger partial charge in [-0.05, 0) is 6.42 Å². The molecule has 0 bridgehead atoms. The van der Waals surface area contributed by atoms with Crippen molar-refractivity contribution in [3.05, 3.63) is 29.6 Å². The monoisotopic (exact) mass is 385 g/mol. The predicted molar refractivity (Wildman–Crippen MR) is 105 cm³/mol. The van der Waals surface area contributed by atoms with Gasteiger partial charge in [0.25, 0.3) is 0 Å². The van der Waals surface area contributed by atoms with Crippen LogP contribution in [0.5, 0.6) is 0 Å². The maximum atomic E-state index is 13.5. The molecule has 1 amide bonds. The molecule has 1 aromatic rings. The van der Waals surface area contributed by atoms with E-state index in [1.54, 1.807) is 0 Å². The van der Waals surface area contributed by atoms with Crippen molar-refractivity contribution in [2.75, 3.05) is 5.32 Å². The average Bonchev–Trinajstić information content (AvgIpc) is 2.63. The van der Waals surface area contributed by atoms with E-state index in [4.69, 9.17) is 0 Å². The van der Waals surface area contributed by atoms with E-state index in [1.165, 1.54) is 64.2 Å². The Morgan fingerprint density at radius 1 is 0.704 bits per heavy atom. The number of unbranched alkanes of at least 4 members (excludes halogenated alkanes) is 12. The first-order valence-electron chi connectivity index (χ1n) is 10.5. The highest BCUT2D eigenvalue weighted by atomic mass is 19.2. The lowest BCUT2D eigenvalue weighted by atomic mass is 10.0. The predicted octanol–water partition coefficient (Wildman–Crippen LogP) is 7.52. The van der Waals surface area contributed by atoms with E-state index in [2.05, 4.69) is 12.2 Å². The number of nitrogens with one attached hydrogen (secondary N) is 1. The van der Waals surface area contributed by atoms with E-state index >= 15 is 0 Å². The van der Waals surface area contributed by atoms with Crippen LogP contribution in [-0.2, 0) is 4.79 Å². The quantitative estimate of drug-likeness (QED) is 0.245. The third-order valence-corrected chi connectivity index (χ3v) is 4.79. The SMILES string of the molecule is CCCCCCCCCCCCCCCC(=O)Nc1cc(F)c(F)cc1F. The molecule has 27 heavy (non-hydrogen) atoms. The Morgan fingerprint density at radius 2 is 1.15 bits per heavy atom. The van der Waals surface area contributed by atoms with Crippen LogP contribution in [0.15, 0.2) is 12.1 Å². The maximum Gasteiger partial charge on any atom is 0.224 e. The highest BCUT2D eigenvalue weighted by Crippen LogP contribution is 2.19. The molecule has 2 nitrogen and oxygen atoms in total. The Balaban J connectivity index is 1.98. The minimum Gasteiger partial charge on any atom is -0.324 e. The minimum absolute atomic E-state index is 0.260. The number of amides is 1. The summed E-state index contributed by atoms with van der Waals surface area (Å²) in [5, 5.41) is 2.30. The summed E-state index contributed by atoms with van der Waals surface area (Å²) in [7, 11) is 0. The second-order valence-electron chi connectivity index (χ2n) is 7.29. The summed E-state index contributed by atoms with van der Waals surface area (Å²) in [5.41, 5.74) is -0.311. The van der Waals surface area contributed by atoms with Gasteiger partial charge in [0.15, 0.2) is 11.6 Å². The van der Waals surface area contributed by atoms with Gasteiger partial charge in [-0.3, -0.25) is 4.79 Å². The molecule has 0 saturated carbocycles. The van der Waals surface area contributed by atoms with Crippen LogP contribution in [0, 0.1) is 17.5 Å². The molecule has 0 aliphatic heterocycles. The second-order valence-corrected chi connectivity index (χ2v) is 7.29. The van der Waals surface area contributed by atoms with E-state index in [-0.39, 0.29) is 18.0 Å². The number of carbonyl (C=O) groups excluding carboxylic acids is 1. The maximum absolute atomic E-state index is 13.5. The Labute approximate surface area is 161 Å². The molecule has 0 heterocycles.